The van der Waals surface area contributed by atoms with E-state index in [2.05, 4.69) is 4.74 Å². The number of hydrogen-bond acceptors (Lipinski definition) is 6. The minimum Gasteiger partial charge on any atom is -0.481 e. The molecule has 0 spiro atoms. The first-order chi connectivity index (χ1) is 7.68. The lowest BCUT2D eigenvalue weighted by Gasteiger charge is -2.12. The van der Waals surface area contributed by atoms with E-state index in [-0.39, 0.29) is 0 Å². The lowest BCUT2D eigenvalue weighted by atomic mass is 10.2. The number of hydrogen-bond donors (Lipinski definition) is 4. The summed E-state index contributed by atoms with van der Waals surface area (Å²) in [4.78, 5) is 31.4. The van der Waals surface area contributed by atoms with Crippen molar-refractivity contribution in [1.82, 2.24) is 9.44 Å². The molecule has 0 bridgehead atoms. The molecule has 0 aromatic carbocycles. The Morgan fingerprint density at radius 2 is 1.82 bits per heavy atom. The molecule has 10 nitrogen and oxygen atoms in total. The third-order valence-corrected chi connectivity index (χ3v) is 2.41. The second kappa shape index (κ2) is 6.00. The third-order valence-electron chi connectivity index (χ3n) is 1.38. The molecule has 0 radical (unpaired) electrons. The second-order valence-corrected chi connectivity index (χ2v) is 4.15. The number of ether oxygens (including phenoxy) is 1. The van der Waals surface area contributed by atoms with Crippen molar-refractivity contribution >= 4 is 28.2 Å². The maximum absolute atomic E-state index is 11.1. The van der Waals surface area contributed by atoms with Gasteiger partial charge in [-0.15, -0.1) is 0 Å². The normalized spacial score (nSPS) is 12.5. The van der Waals surface area contributed by atoms with Crippen molar-refractivity contribution in [1.29, 1.82) is 0 Å². The van der Waals surface area contributed by atoms with Crippen molar-refractivity contribution in [3.8, 4) is 0 Å². The maximum atomic E-state index is 11.1. The minimum atomic E-state index is -4.50. The van der Waals surface area contributed by atoms with Crippen LogP contribution >= 0.6 is 0 Å². The molecule has 0 heterocycles. The molecular weight excluding hydrogens is 260 g/mol. The van der Waals surface area contributed by atoms with E-state index in [4.69, 9.17) is 10.2 Å². The van der Waals surface area contributed by atoms with Gasteiger partial charge in [0.2, 0.25) is 0 Å². The first-order valence-corrected chi connectivity index (χ1v) is 5.49. The Morgan fingerprint density at radius 3 is 2.18 bits per heavy atom. The van der Waals surface area contributed by atoms with E-state index in [1.165, 1.54) is 9.44 Å². The van der Waals surface area contributed by atoms with Crippen molar-refractivity contribution in [2.75, 3.05) is 7.11 Å². The van der Waals surface area contributed by atoms with E-state index in [1.54, 1.807) is 0 Å². The summed E-state index contributed by atoms with van der Waals surface area (Å²) in [6.07, 6.45) is -2.31. The predicted octanol–water partition coefficient (Wildman–Crippen LogP) is -1.90. The van der Waals surface area contributed by atoms with Gasteiger partial charge in [-0.05, 0) is 0 Å². The summed E-state index contributed by atoms with van der Waals surface area (Å²) in [5, 5.41) is 16.9. The first kappa shape index (κ1) is 15.1. The highest BCUT2D eigenvalue weighted by molar-refractivity contribution is 7.88. The summed E-state index contributed by atoms with van der Waals surface area (Å²) in [5.74, 6) is -3.21. The van der Waals surface area contributed by atoms with Gasteiger partial charge in [-0.3, -0.25) is 9.59 Å². The highest BCUT2D eigenvalue weighted by Crippen LogP contribution is 1.95. The third kappa shape index (κ3) is 6.32. The Hall–Kier alpha value is -1.88. The largest absolute Gasteiger partial charge is 0.481 e. The molecule has 1 amide bonds. The number of methoxy groups -OCH3 is 1. The number of rotatable bonds is 6. The molecule has 0 saturated heterocycles. The Balaban J connectivity index is 4.70. The highest BCUT2D eigenvalue weighted by Gasteiger charge is 2.27. The molecule has 0 unspecified atom stereocenters. The molecule has 0 aliphatic rings. The summed E-state index contributed by atoms with van der Waals surface area (Å²) in [6, 6.07) is -1.89. The van der Waals surface area contributed by atoms with E-state index in [0.29, 0.717) is 0 Å². The molecule has 0 aliphatic heterocycles. The number of carbonyl (C=O) groups is 3. The minimum absolute atomic E-state index is 0.900. The van der Waals surface area contributed by atoms with Gasteiger partial charge in [0, 0.05) is 0 Å². The van der Waals surface area contributed by atoms with Crippen LogP contribution in [0.5, 0.6) is 0 Å². The summed E-state index contributed by atoms with van der Waals surface area (Å²) < 4.78 is 29.0. The monoisotopic (exact) mass is 270 g/mol. The Morgan fingerprint density at radius 1 is 1.29 bits per heavy atom. The van der Waals surface area contributed by atoms with Crippen LogP contribution in [0.4, 0.5) is 4.79 Å². The quantitative estimate of drug-likeness (QED) is 0.435. The van der Waals surface area contributed by atoms with E-state index < -0.39 is 40.7 Å². The molecular formula is C6H10N2O8S. The van der Waals surface area contributed by atoms with Crippen LogP contribution in [-0.4, -0.2) is 49.8 Å². The van der Waals surface area contributed by atoms with Crippen molar-refractivity contribution in [3.05, 3.63) is 0 Å². The zero-order valence-corrected chi connectivity index (χ0v) is 9.35. The van der Waals surface area contributed by atoms with Crippen molar-refractivity contribution in [3.63, 3.8) is 0 Å². The molecule has 0 aliphatic carbocycles. The fourth-order valence-corrected chi connectivity index (χ4v) is 1.64. The van der Waals surface area contributed by atoms with Gasteiger partial charge in [0.05, 0.1) is 13.5 Å². The topological polar surface area (TPSA) is 159 Å². The van der Waals surface area contributed by atoms with Gasteiger partial charge < -0.3 is 14.9 Å². The number of carboxylic acids is 2. The molecule has 0 fully saturated rings. The second-order valence-electron chi connectivity index (χ2n) is 2.70. The predicted molar refractivity (Wildman–Crippen MR) is 51.3 cm³/mol. The fraction of sp³-hybridized carbons (Fsp3) is 0.500. The summed E-state index contributed by atoms with van der Waals surface area (Å²) in [6.45, 7) is 0. The van der Waals surface area contributed by atoms with Crippen LogP contribution in [-0.2, 0) is 24.5 Å². The molecule has 11 heteroatoms. The standard InChI is InChI=1S/C6H10N2O8S/c1-16-6(13)8-17(14,15)7-3(5(11)12)2-4(9)10/h3,7H,2H2,1H3,(H,8,13)(H,9,10)(H,11,12)/t3-/m1/s1. The van der Waals surface area contributed by atoms with Crippen molar-refractivity contribution in [2.45, 2.75) is 12.5 Å². The van der Waals surface area contributed by atoms with E-state index in [9.17, 15) is 22.8 Å². The fourth-order valence-electron chi connectivity index (χ4n) is 0.722. The molecule has 0 aromatic heterocycles. The van der Waals surface area contributed by atoms with Crippen LogP contribution in [0, 0.1) is 0 Å². The van der Waals surface area contributed by atoms with Gasteiger partial charge in [0.1, 0.15) is 6.04 Å². The molecule has 98 valence electrons. The highest BCUT2D eigenvalue weighted by atomic mass is 32.2. The van der Waals surface area contributed by atoms with Gasteiger partial charge in [-0.25, -0.2) is 9.52 Å². The van der Waals surface area contributed by atoms with Crippen LogP contribution in [0.2, 0.25) is 0 Å². The first-order valence-electron chi connectivity index (χ1n) is 4.00. The molecule has 0 aromatic rings. The van der Waals surface area contributed by atoms with Gasteiger partial charge in [-0.1, -0.05) is 0 Å². The zero-order chi connectivity index (χ0) is 13.6. The van der Waals surface area contributed by atoms with Crippen LogP contribution in [0.15, 0.2) is 0 Å². The van der Waals surface area contributed by atoms with E-state index in [1.807, 2.05) is 0 Å². The number of amides is 1. The number of carbonyl (C=O) groups excluding carboxylic acids is 1. The Kier molecular flexibility index (Phi) is 5.34. The number of aliphatic carboxylic acids is 2. The van der Waals surface area contributed by atoms with Gasteiger partial charge in [-0.2, -0.15) is 13.1 Å². The van der Waals surface area contributed by atoms with Crippen molar-refractivity contribution < 1.29 is 37.8 Å². The lowest BCUT2D eigenvalue weighted by molar-refractivity contribution is -0.145. The SMILES string of the molecule is COC(=O)NS(=O)(=O)N[C@H](CC(=O)O)C(=O)O. The number of carboxylic acid groups (broad SMARTS) is 2. The Labute approximate surface area is 95.7 Å². The smallest absolute Gasteiger partial charge is 0.421 e. The van der Waals surface area contributed by atoms with Gasteiger partial charge >= 0.3 is 28.2 Å². The van der Waals surface area contributed by atoms with Crippen LogP contribution in [0.1, 0.15) is 6.42 Å². The van der Waals surface area contributed by atoms with E-state index in [0.717, 1.165) is 7.11 Å². The number of nitrogens with one attached hydrogen (secondary N) is 2. The Bertz CT molecular complexity index is 416. The van der Waals surface area contributed by atoms with Gasteiger partial charge in [0.15, 0.2) is 0 Å². The zero-order valence-electron chi connectivity index (χ0n) is 8.54. The molecule has 0 rings (SSSR count). The average molecular weight is 270 g/mol. The van der Waals surface area contributed by atoms with Crippen LogP contribution < -0.4 is 9.44 Å². The van der Waals surface area contributed by atoms with Crippen LogP contribution in [0.25, 0.3) is 0 Å². The maximum Gasteiger partial charge on any atom is 0.421 e. The molecule has 1 atom stereocenters. The summed E-state index contributed by atoms with van der Waals surface area (Å²) in [7, 11) is -3.60. The summed E-state index contributed by atoms with van der Waals surface area (Å²) >= 11 is 0. The van der Waals surface area contributed by atoms with Crippen molar-refractivity contribution in [2.24, 2.45) is 0 Å². The molecule has 0 saturated carbocycles. The molecule has 17 heavy (non-hydrogen) atoms. The average Bonchev–Trinajstić information content (AvgIpc) is 2.14. The van der Waals surface area contributed by atoms with Gasteiger partial charge in [0.25, 0.3) is 0 Å². The van der Waals surface area contributed by atoms with Crippen LogP contribution in [0.3, 0.4) is 0 Å². The lowest BCUT2D eigenvalue weighted by Crippen LogP contribution is -2.48. The van der Waals surface area contributed by atoms with E-state index >= 15 is 0 Å². The summed E-state index contributed by atoms with van der Waals surface area (Å²) in [5.41, 5.74) is 0. The molecule has 4 N–H and O–H groups in total.